The highest BCUT2D eigenvalue weighted by atomic mass is 16.4. The van der Waals surface area contributed by atoms with Crippen LogP contribution in [0.5, 0.6) is 0 Å². The van der Waals surface area contributed by atoms with Crippen LogP contribution < -0.4 is 0 Å². The average molecular weight is 685 g/mol. The molecule has 0 spiro atoms. The molecule has 0 saturated carbocycles. The van der Waals surface area contributed by atoms with Gasteiger partial charge in [0, 0.05) is 25.7 Å². The van der Waals surface area contributed by atoms with Gasteiger partial charge in [-0.2, -0.15) is 0 Å². The topological polar surface area (TPSA) is 175 Å². The van der Waals surface area contributed by atoms with Crippen molar-refractivity contribution in [1.82, 2.24) is 39.2 Å². The van der Waals surface area contributed by atoms with Gasteiger partial charge in [-0.3, -0.25) is 58.4 Å². The summed E-state index contributed by atoms with van der Waals surface area (Å²) >= 11 is 0. The van der Waals surface area contributed by atoms with Crippen LogP contribution in [-0.2, 0) is 19.2 Å². The monoisotopic (exact) mass is 684 g/mol. The largest absolute Gasteiger partial charge is 0.481 e. The molecule has 8 fully saturated rings. The van der Waals surface area contributed by atoms with E-state index in [1.807, 2.05) is 0 Å². The van der Waals surface area contributed by atoms with Crippen LogP contribution in [0.15, 0.2) is 0 Å². The van der Waals surface area contributed by atoms with Crippen molar-refractivity contribution in [1.29, 1.82) is 0 Å². The number of carboxylic acids is 4. The lowest BCUT2D eigenvalue weighted by molar-refractivity contribution is -0.194. The Hall–Kier alpha value is -2.44. The van der Waals surface area contributed by atoms with Crippen LogP contribution in [-0.4, -0.2) is 164 Å². The molecule has 0 atom stereocenters. The predicted molar refractivity (Wildman–Crippen MR) is 178 cm³/mol. The Balaban J connectivity index is 0.000000175. The van der Waals surface area contributed by atoms with Gasteiger partial charge in [-0.1, -0.05) is 51.4 Å². The smallest absolute Gasteiger partial charge is 0.303 e. The molecule has 0 aromatic rings. The summed E-state index contributed by atoms with van der Waals surface area (Å²) in [7, 11) is 0. The molecule has 0 radical (unpaired) electrons. The minimum atomic E-state index is -0.740. The van der Waals surface area contributed by atoms with Crippen molar-refractivity contribution in [3.63, 3.8) is 0 Å². The first-order chi connectivity index (χ1) is 23.0. The van der Waals surface area contributed by atoms with E-state index in [4.69, 9.17) is 20.4 Å². The van der Waals surface area contributed by atoms with Crippen molar-refractivity contribution in [2.45, 2.75) is 103 Å². The number of unbranched alkanes of at least 4 members (excludes halogenated alkanes) is 10. The summed E-state index contributed by atoms with van der Waals surface area (Å²) in [6.45, 7) is 14.2. The molecule has 0 aromatic heterocycles. The van der Waals surface area contributed by atoms with Crippen molar-refractivity contribution < 1.29 is 39.6 Å². The zero-order chi connectivity index (χ0) is 34.7. The molecule has 16 heteroatoms. The van der Waals surface area contributed by atoms with Crippen molar-refractivity contribution in [2.75, 3.05) is 80.0 Å². The Morgan fingerprint density at radius 3 is 0.521 bits per heavy atom. The molecule has 0 aliphatic carbocycles. The Morgan fingerprint density at radius 1 is 0.271 bits per heavy atom. The number of carboxylic acid groups (broad SMARTS) is 4. The average Bonchev–Trinajstić information content (AvgIpc) is 2.99. The summed E-state index contributed by atoms with van der Waals surface area (Å²) in [5, 5.41) is 33.4. The molecule has 4 N–H and O–H groups in total. The molecule has 8 aliphatic rings. The molecule has 276 valence electrons. The van der Waals surface area contributed by atoms with Gasteiger partial charge in [-0.05, 0) is 25.7 Å². The first-order valence-electron chi connectivity index (χ1n) is 17.7. The first kappa shape index (κ1) is 40.0. The number of carbonyl (C=O) groups is 4. The maximum absolute atomic E-state index is 10.1. The molecule has 16 nitrogen and oxygen atoms in total. The highest BCUT2D eigenvalue weighted by molar-refractivity contribution is 5.67. The van der Waals surface area contributed by atoms with E-state index >= 15 is 0 Å². The summed E-state index contributed by atoms with van der Waals surface area (Å²) in [6.07, 6.45) is 11.6. The van der Waals surface area contributed by atoms with Gasteiger partial charge < -0.3 is 20.4 Å². The van der Waals surface area contributed by atoms with E-state index in [0.717, 1.165) is 77.0 Å². The van der Waals surface area contributed by atoms with Crippen LogP contribution in [0.3, 0.4) is 0 Å². The van der Waals surface area contributed by atoms with Crippen molar-refractivity contribution in [3.05, 3.63) is 0 Å². The van der Waals surface area contributed by atoms with Crippen LogP contribution in [0.4, 0.5) is 0 Å². The molecule has 0 amide bonds. The van der Waals surface area contributed by atoms with Gasteiger partial charge in [0.25, 0.3) is 0 Å². The quantitative estimate of drug-likeness (QED) is 0.155. The van der Waals surface area contributed by atoms with Crippen LogP contribution in [0, 0.1) is 0 Å². The molecule has 8 bridgehead atoms. The summed E-state index contributed by atoms with van der Waals surface area (Å²) in [4.78, 5) is 60.3. The maximum Gasteiger partial charge on any atom is 0.303 e. The van der Waals surface area contributed by atoms with Gasteiger partial charge in [0.15, 0.2) is 0 Å². The van der Waals surface area contributed by atoms with Gasteiger partial charge in [0.2, 0.25) is 0 Å². The summed E-state index contributed by atoms with van der Waals surface area (Å²) in [5.74, 6) is -2.96. The van der Waals surface area contributed by atoms with Crippen LogP contribution in [0.2, 0.25) is 0 Å². The summed E-state index contributed by atoms with van der Waals surface area (Å²) in [5.41, 5.74) is 0. The van der Waals surface area contributed by atoms with Crippen molar-refractivity contribution in [2.24, 2.45) is 0 Å². The number of hydrogen-bond acceptors (Lipinski definition) is 12. The van der Waals surface area contributed by atoms with E-state index in [0.29, 0.717) is 0 Å². The molecule has 0 unspecified atom stereocenters. The molecule has 8 rings (SSSR count). The van der Waals surface area contributed by atoms with Gasteiger partial charge in [-0.15, -0.1) is 0 Å². The Morgan fingerprint density at radius 2 is 0.396 bits per heavy atom. The third-order valence-electron chi connectivity index (χ3n) is 8.86. The van der Waals surface area contributed by atoms with E-state index < -0.39 is 23.9 Å². The fraction of sp³-hybridized carbons (Fsp3) is 0.875. The molecular formula is C32H60N8O8. The Bertz CT molecular complexity index is 761. The summed E-state index contributed by atoms with van der Waals surface area (Å²) < 4.78 is 0. The van der Waals surface area contributed by atoms with Gasteiger partial charge in [0.1, 0.15) is 0 Å². The normalized spacial score (nSPS) is 29.8. The lowest BCUT2D eigenvalue weighted by Gasteiger charge is -2.56. The van der Waals surface area contributed by atoms with Gasteiger partial charge in [0.05, 0.1) is 80.0 Å². The number of rotatable bonds is 18. The predicted octanol–water partition coefficient (Wildman–Crippen LogP) is 2.51. The van der Waals surface area contributed by atoms with Gasteiger partial charge >= 0.3 is 23.9 Å². The van der Waals surface area contributed by atoms with E-state index in [2.05, 4.69) is 39.2 Å². The molecule has 48 heavy (non-hydrogen) atoms. The number of nitrogens with zero attached hydrogens (tertiary/aromatic N) is 8. The molecule has 8 heterocycles. The zero-order valence-corrected chi connectivity index (χ0v) is 28.8. The van der Waals surface area contributed by atoms with Crippen LogP contribution in [0.25, 0.3) is 0 Å². The van der Waals surface area contributed by atoms with E-state index in [1.54, 1.807) is 0 Å². The Kier molecular flexibility index (Phi) is 18.6. The molecular weight excluding hydrogens is 624 g/mol. The lowest BCUT2D eigenvalue weighted by Crippen LogP contribution is -2.71. The minimum absolute atomic E-state index is 0.245. The zero-order valence-electron chi connectivity index (χ0n) is 28.8. The van der Waals surface area contributed by atoms with Crippen molar-refractivity contribution in [3.8, 4) is 0 Å². The lowest BCUT2D eigenvalue weighted by atomic mass is 10.1. The second kappa shape index (κ2) is 22.3. The molecule has 8 saturated heterocycles. The van der Waals surface area contributed by atoms with Gasteiger partial charge in [-0.25, -0.2) is 0 Å². The van der Waals surface area contributed by atoms with E-state index in [1.165, 1.54) is 80.0 Å². The second-order valence-corrected chi connectivity index (χ2v) is 13.9. The maximum atomic E-state index is 10.1. The minimum Gasteiger partial charge on any atom is -0.481 e. The number of hydrogen-bond donors (Lipinski definition) is 4. The third kappa shape index (κ3) is 17.3. The fourth-order valence-electron chi connectivity index (χ4n) is 6.99. The number of aliphatic carboxylic acids is 4. The first-order valence-corrected chi connectivity index (χ1v) is 17.7. The highest BCUT2D eigenvalue weighted by Crippen LogP contribution is 2.21. The van der Waals surface area contributed by atoms with Crippen LogP contribution in [0.1, 0.15) is 103 Å². The van der Waals surface area contributed by atoms with Crippen molar-refractivity contribution >= 4 is 23.9 Å². The highest BCUT2D eigenvalue weighted by Gasteiger charge is 2.37. The molecule has 8 aliphatic heterocycles. The SMILES string of the molecule is C1N2CN3CN1CN(C2)C3.C1N2CN3CN1CN(C2)C3.O=C(O)CCCCCCCCC(=O)O.O=C(O)CCCCCCCCC(=O)O. The van der Waals surface area contributed by atoms with E-state index in [-0.39, 0.29) is 25.7 Å². The van der Waals surface area contributed by atoms with E-state index in [9.17, 15) is 19.2 Å². The summed E-state index contributed by atoms with van der Waals surface area (Å²) in [6, 6.07) is 0. The van der Waals surface area contributed by atoms with Crippen LogP contribution >= 0.6 is 0 Å². The second-order valence-electron chi connectivity index (χ2n) is 13.9. The standard InChI is InChI=1S/2C10H18O4.2C6H12N4/c2*11-9(12)7-5-3-1-2-4-6-8-10(13)14;2*1-7-2-9-4-8(1)5-10(3-7)6-9/h2*1-8H2,(H,11,12)(H,13,14);2*1-6H2. The third-order valence-corrected chi connectivity index (χ3v) is 8.86. The fourth-order valence-corrected chi connectivity index (χ4v) is 6.99. The Labute approximate surface area is 285 Å². The molecule has 0 aromatic carbocycles.